The first kappa shape index (κ1) is 20.9. The molecule has 0 spiro atoms. The molecule has 0 saturated heterocycles. The van der Waals surface area contributed by atoms with E-state index in [2.05, 4.69) is 25.8 Å². The van der Waals surface area contributed by atoms with E-state index in [0.29, 0.717) is 29.8 Å². The van der Waals surface area contributed by atoms with Crippen molar-refractivity contribution in [1.82, 2.24) is 20.4 Å². The Morgan fingerprint density at radius 3 is 2.65 bits per heavy atom. The predicted molar refractivity (Wildman–Crippen MR) is 120 cm³/mol. The van der Waals surface area contributed by atoms with E-state index in [9.17, 15) is 9.59 Å². The van der Waals surface area contributed by atoms with Crippen LogP contribution < -0.4 is 10.6 Å². The fourth-order valence-corrected chi connectivity index (χ4v) is 4.12. The van der Waals surface area contributed by atoms with Crippen molar-refractivity contribution in [2.24, 2.45) is 0 Å². The van der Waals surface area contributed by atoms with E-state index in [1.165, 1.54) is 18.3 Å². The standard InChI is InChI=1S/C21H19N5O3S2/c1-13(27)22-10-14-2-4-15(5-3-14)17-12-31-21(23-17)24-18(28)6-7-19-25-20(26-29-19)16-8-9-30-11-16/h2-5,8-9,11-12H,6-7,10H2,1H3,(H,22,27)(H,23,24,28). The highest BCUT2D eigenvalue weighted by molar-refractivity contribution is 7.14. The van der Waals surface area contributed by atoms with Crippen LogP contribution in [0.4, 0.5) is 5.13 Å². The molecular weight excluding hydrogens is 434 g/mol. The van der Waals surface area contributed by atoms with Gasteiger partial charge in [-0.25, -0.2) is 4.98 Å². The summed E-state index contributed by atoms with van der Waals surface area (Å²) in [5.74, 6) is 0.729. The number of aryl methyl sites for hydroxylation is 1. The van der Waals surface area contributed by atoms with Gasteiger partial charge in [0.05, 0.1) is 5.69 Å². The van der Waals surface area contributed by atoms with E-state index in [-0.39, 0.29) is 18.2 Å². The molecule has 10 heteroatoms. The first-order valence-electron chi connectivity index (χ1n) is 9.51. The van der Waals surface area contributed by atoms with Crippen LogP contribution in [0.2, 0.25) is 0 Å². The molecule has 0 aliphatic heterocycles. The molecule has 3 aromatic heterocycles. The van der Waals surface area contributed by atoms with Crippen molar-refractivity contribution in [2.45, 2.75) is 26.3 Å². The van der Waals surface area contributed by atoms with Gasteiger partial charge in [-0.2, -0.15) is 16.3 Å². The summed E-state index contributed by atoms with van der Waals surface area (Å²) in [6, 6.07) is 9.69. The zero-order valence-electron chi connectivity index (χ0n) is 16.6. The lowest BCUT2D eigenvalue weighted by Gasteiger charge is -2.03. The number of nitrogens with one attached hydrogen (secondary N) is 2. The molecule has 0 fully saturated rings. The largest absolute Gasteiger partial charge is 0.352 e. The number of thiophene rings is 1. The molecule has 2 amide bonds. The lowest BCUT2D eigenvalue weighted by molar-refractivity contribution is -0.119. The van der Waals surface area contributed by atoms with Crippen molar-refractivity contribution >= 4 is 39.6 Å². The number of aromatic nitrogens is 3. The average molecular weight is 454 g/mol. The van der Waals surface area contributed by atoms with Gasteiger partial charge in [-0.3, -0.25) is 9.59 Å². The Balaban J connectivity index is 1.29. The molecule has 0 atom stereocenters. The molecule has 0 saturated carbocycles. The van der Waals surface area contributed by atoms with Gasteiger partial charge in [0.1, 0.15) is 0 Å². The molecule has 31 heavy (non-hydrogen) atoms. The van der Waals surface area contributed by atoms with Crippen LogP contribution in [-0.2, 0) is 22.6 Å². The van der Waals surface area contributed by atoms with Gasteiger partial charge >= 0.3 is 0 Å². The minimum absolute atomic E-state index is 0.0639. The van der Waals surface area contributed by atoms with Gasteiger partial charge in [0.2, 0.25) is 23.5 Å². The van der Waals surface area contributed by atoms with Crippen molar-refractivity contribution in [2.75, 3.05) is 5.32 Å². The van der Waals surface area contributed by atoms with Gasteiger partial charge < -0.3 is 15.2 Å². The first-order valence-corrected chi connectivity index (χ1v) is 11.3. The number of rotatable bonds is 8. The molecule has 4 rings (SSSR count). The van der Waals surface area contributed by atoms with Crippen molar-refractivity contribution in [3.63, 3.8) is 0 Å². The van der Waals surface area contributed by atoms with Crippen LogP contribution in [0, 0.1) is 0 Å². The van der Waals surface area contributed by atoms with E-state index in [0.717, 1.165) is 22.4 Å². The first-order chi connectivity index (χ1) is 15.1. The lowest BCUT2D eigenvalue weighted by atomic mass is 10.1. The zero-order valence-corrected chi connectivity index (χ0v) is 18.3. The van der Waals surface area contributed by atoms with Crippen LogP contribution in [-0.4, -0.2) is 26.9 Å². The number of anilines is 1. The summed E-state index contributed by atoms with van der Waals surface area (Å²) in [5, 5.41) is 15.8. The lowest BCUT2D eigenvalue weighted by Crippen LogP contribution is -2.18. The summed E-state index contributed by atoms with van der Waals surface area (Å²) in [6.07, 6.45) is 0.578. The smallest absolute Gasteiger partial charge is 0.227 e. The highest BCUT2D eigenvalue weighted by Crippen LogP contribution is 2.25. The number of thiazole rings is 1. The van der Waals surface area contributed by atoms with Gasteiger partial charge in [0.25, 0.3) is 0 Å². The summed E-state index contributed by atoms with van der Waals surface area (Å²) in [5.41, 5.74) is 3.63. The van der Waals surface area contributed by atoms with Crippen LogP contribution >= 0.6 is 22.7 Å². The molecule has 0 radical (unpaired) electrons. The quantitative estimate of drug-likeness (QED) is 0.415. The monoisotopic (exact) mass is 453 g/mol. The van der Waals surface area contributed by atoms with Gasteiger partial charge in [-0.1, -0.05) is 29.4 Å². The Hall–Kier alpha value is -3.37. The average Bonchev–Trinajstić information content (AvgIpc) is 3.52. The van der Waals surface area contributed by atoms with Crippen LogP contribution in [0.1, 0.15) is 24.8 Å². The maximum Gasteiger partial charge on any atom is 0.227 e. The SMILES string of the molecule is CC(=O)NCc1ccc(-c2csc(NC(=O)CCc3nc(-c4ccsc4)no3)n2)cc1. The maximum absolute atomic E-state index is 12.3. The fourth-order valence-electron chi connectivity index (χ4n) is 2.75. The second kappa shape index (κ2) is 9.63. The number of hydrogen-bond donors (Lipinski definition) is 2. The van der Waals surface area contributed by atoms with E-state index >= 15 is 0 Å². The fraction of sp³-hybridized carbons (Fsp3) is 0.190. The molecule has 8 nitrogen and oxygen atoms in total. The van der Waals surface area contributed by atoms with E-state index in [1.54, 1.807) is 11.3 Å². The van der Waals surface area contributed by atoms with Crippen molar-refractivity contribution in [1.29, 1.82) is 0 Å². The van der Waals surface area contributed by atoms with Gasteiger partial charge in [-0.05, 0) is 17.0 Å². The van der Waals surface area contributed by atoms with E-state index < -0.39 is 0 Å². The van der Waals surface area contributed by atoms with Crippen LogP contribution in [0.5, 0.6) is 0 Å². The molecule has 1 aromatic carbocycles. The second-order valence-corrected chi connectivity index (χ2v) is 8.35. The molecule has 0 unspecified atom stereocenters. The minimum Gasteiger partial charge on any atom is -0.352 e. The Morgan fingerprint density at radius 2 is 1.90 bits per heavy atom. The number of carbonyl (C=O) groups excluding carboxylic acids is 2. The Labute approximate surface area is 186 Å². The zero-order chi connectivity index (χ0) is 21.6. The molecule has 3 heterocycles. The summed E-state index contributed by atoms with van der Waals surface area (Å²) < 4.78 is 5.22. The number of carbonyl (C=O) groups is 2. The summed E-state index contributed by atoms with van der Waals surface area (Å²) >= 11 is 2.93. The molecule has 0 aliphatic carbocycles. The van der Waals surface area contributed by atoms with E-state index in [1.807, 2.05) is 46.5 Å². The Kier molecular flexibility index (Phi) is 6.48. The number of nitrogens with zero attached hydrogens (tertiary/aromatic N) is 3. The normalized spacial score (nSPS) is 10.7. The minimum atomic E-state index is -0.165. The Morgan fingerprint density at radius 1 is 1.06 bits per heavy atom. The maximum atomic E-state index is 12.3. The Bertz CT molecular complexity index is 1170. The molecule has 0 bridgehead atoms. The van der Waals surface area contributed by atoms with Gasteiger partial charge in [0, 0.05) is 48.2 Å². The molecule has 4 aromatic rings. The molecule has 158 valence electrons. The van der Waals surface area contributed by atoms with Crippen molar-refractivity contribution in [3.8, 4) is 22.6 Å². The molecular formula is C21H19N5O3S2. The second-order valence-electron chi connectivity index (χ2n) is 6.72. The molecule has 0 aliphatic rings. The highest BCUT2D eigenvalue weighted by atomic mass is 32.1. The van der Waals surface area contributed by atoms with Crippen LogP contribution in [0.15, 0.2) is 51.0 Å². The summed E-state index contributed by atoms with van der Waals surface area (Å²) in [7, 11) is 0. The number of benzene rings is 1. The number of hydrogen-bond acceptors (Lipinski definition) is 8. The third-order valence-corrected chi connectivity index (χ3v) is 5.80. The topological polar surface area (TPSA) is 110 Å². The molecule has 2 N–H and O–H groups in total. The third kappa shape index (κ3) is 5.62. The van der Waals surface area contributed by atoms with Gasteiger partial charge in [-0.15, -0.1) is 11.3 Å². The van der Waals surface area contributed by atoms with Crippen LogP contribution in [0.25, 0.3) is 22.6 Å². The number of amides is 2. The summed E-state index contributed by atoms with van der Waals surface area (Å²) in [6.45, 7) is 1.98. The van der Waals surface area contributed by atoms with Crippen LogP contribution in [0.3, 0.4) is 0 Å². The third-order valence-electron chi connectivity index (χ3n) is 4.36. The predicted octanol–water partition coefficient (Wildman–Crippen LogP) is 4.13. The highest BCUT2D eigenvalue weighted by Gasteiger charge is 2.13. The summed E-state index contributed by atoms with van der Waals surface area (Å²) in [4.78, 5) is 32.1. The van der Waals surface area contributed by atoms with E-state index in [4.69, 9.17) is 4.52 Å². The van der Waals surface area contributed by atoms with Crippen molar-refractivity contribution in [3.05, 3.63) is 57.9 Å². The van der Waals surface area contributed by atoms with Crippen molar-refractivity contribution < 1.29 is 14.1 Å². The van der Waals surface area contributed by atoms with Gasteiger partial charge in [0.15, 0.2) is 5.13 Å².